The molecule has 5 amide bonds. The summed E-state index contributed by atoms with van der Waals surface area (Å²) in [6.07, 6.45) is 2.50. The first-order chi connectivity index (χ1) is 15.9. The average molecular weight is 447 g/mol. The minimum absolute atomic E-state index is 0.00281. The van der Waals surface area contributed by atoms with E-state index < -0.39 is 5.54 Å². The van der Waals surface area contributed by atoms with Crippen molar-refractivity contribution in [2.24, 2.45) is 0 Å². The summed E-state index contributed by atoms with van der Waals surface area (Å²) in [4.78, 5) is 53.2. The number of hydrogen-bond donors (Lipinski definition) is 2. The standard InChI is InChI=1S/C25H26N4O4/c1-28-24(33)27-23(32)25(28)13-17-9-10-19(12-18(17)14-25)26-21(30)15-29-11-5-8-20(22(29)31)16-6-3-2-4-7-16/h2-4,6-7,9-10,12,20H,5,8,11,13-15H2,1H3,(H,26,30)(H,27,32,33)/t20-,25?/m0/s1. The van der Waals surface area contributed by atoms with Gasteiger partial charge in [0.25, 0.3) is 5.91 Å². The van der Waals surface area contributed by atoms with E-state index in [0.29, 0.717) is 25.1 Å². The summed E-state index contributed by atoms with van der Waals surface area (Å²) in [5.74, 6) is -0.761. The van der Waals surface area contributed by atoms with Gasteiger partial charge in [-0.1, -0.05) is 36.4 Å². The molecule has 2 fully saturated rings. The van der Waals surface area contributed by atoms with E-state index in [1.54, 1.807) is 18.0 Å². The average Bonchev–Trinajstić information content (AvgIpc) is 3.29. The minimum atomic E-state index is -0.894. The zero-order valence-corrected chi connectivity index (χ0v) is 18.5. The summed E-state index contributed by atoms with van der Waals surface area (Å²) in [6, 6.07) is 14.9. The summed E-state index contributed by atoms with van der Waals surface area (Å²) >= 11 is 0. The number of fused-ring (bicyclic) bond motifs is 1. The van der Waals surface area contributed by atoms with E-state index in [1.807, 2.05) is 42.5 Å². The third-order valence-corrected chi connectivity index (χ3v) is 7.11. The molecule has 1 spiro atoms. The largest absolute Gasteiger partial charge is 0.333 e. The first-order valence-corrected chi connectivity index (χ1v) is 11.2. The SMILES string of the molecule is CN1C(=O)NC(=O)C12Cc1ccc(NC(=O)CN3CCC[C@@H](c4ccccc4)C3=O)cc1C2. The highest BCUT2D eigenvalue weighted by Gasteiger charge is 2.54. The van der Waals surface area contributed by atoms with Gasteiger partial charge in [-0.15, -0.1) is 0 Å². The lowest BCUT2D eigenvalue weighted by molar-refractivity contribution is -0.138. The first kappa shape index (κ1) is 21.2. The van der Waals surface area contributed by atoms with Crippen molar-refractivity contribution in [2.75, 3.05) is 25.5 Å². The van der Waals surface area contributed by atoms with Crippen molar-refractivity contribution >= 4 is 29.4 Å². The summed E-state index contributed by atoms with van der Waals surface area (Å²) in [5, 5.41) is 5.28. The Hall–Kier alpha value is -3.68. The number of likely N-dealkylation sites (N-methyl/N-ethyl adjacent to an activating group) is 1. The van der Waals surface area contributed by atoms with Crippen molar-refractivity contribution in [2.45, 2.75) is 37.1 Å². The fraction of sp³-hybridized carbons (Fsp3) is 0.360. The van der Waals surface area contributed by atoms with Gasteiger partial charge in [0.2, 0.25) is 11.8 Å². The molecule has 8 heteroatoms. The van der Waals surface area contributed by atoms with E-state index in [1.165, 1.54) is 4.90 Å². The van der Waals surface area contributed by atoms with Crippen LogP contribution in [-0.4, -0.2) is 59.2 Å². The fourth-order valence-corrected chi connectivity index (χ4v) is 5.24. The van der Waals surface area contributed by atoms with Gasteiger partial charge in [0.15, 0.2) is 0 Å². The number of hydrogen-bond acceptors (Lipinski definition) is 4. The van der Waals surface area contributed by atoms with E-state index in [-0.39, 0.29) is 36.2 Å². The zero-order valence-electron chi connectivity index (χ0n) is 18.5. The van der Waals surface area contributed by atoms with Gasteiger partial charge in [0.1, 0.15) is 5.54 Å². The highest BCUT2D eigenvalue weighted by Crippen LogP contribution is 2.38. The van der Waals surface area contributed by atoms with Crippen LogP contribution >= 0.6 is 0 Å². The van der Waals surface area contributed by atoms with Crippen molar-refractivity contribution in [1.82, 2.24) is 15.1 Å². The van der Waals surface area contributed by atoms with Crippen LogP contribution in [0.5, 0.6) is 0 Å². The van der Waals surface area contributed by atoms with Crippen LogP contribution < -0.4 is 10.6 Å². The van der Waals surface area contributed by atoms with Crippen LogP contribution in [0.2, 0.25) is 0 Å². The number of benzene rings is 2. The van der Waals surface area contributed by atoms with Gasteiger partial charge in [-0.3, -0.25) is 19.7 Å². The molecule has 2 aromatic rings. The maximum atomic E-state index is 13.0. The molecule has 0 radical (unpaired) electrons. The second-order valence-corrected chi connectivity index (χ2v) is 9.10. The Morgan fingerprint density at radius 1 is 1.09 bits per heavy atom. The molecule has 1 aliphatic carbocycles. The Morgan fingerprint density at radius 2 is 1.85 bits per heavy atom. The molecular formula is C25H26N4O4. The van der Waals surface area contributed by atoms with E-state index in [2.05, 4.69) is 10.6 Å². The lowest BCUT2D eigenvalue weighted by Gasteiger charge is -2.32. The van der Waals surface area contributed by atoms with Gasteiger partial charge in [-0.2, -0.15) is 0 Å². The molecule has 0 aromatic heterocycles. The molecule has 2 saturated heterocycles. The second kappa shape index (κ2) is 8.03. The summed E-state index contributed by atoms with van der Waals surface area (Å²) in [7, 11) is 1.63. The first-order valence-electron chi connectivity index (χ1n) is 11.2. The number of imide groups is 1. The molecule has 2 aromatic carbocycles. The molecular weight excluding hydrogens is 420 g/mol. The summed E-state index contributed by atoms with van der Waals surface area (Å²) in [6.45, 7) is 0.570. The van der Waals surface area contributed by atoms with Crippen molar-refractivity contribution in [3.8, 4) is 0 Å². The number of urea groups is 1. The predicted molar refractivity (Wildman–Crippen MR) is 122 cm³/mol. The topological polar surface area (TPSA) is 98.8 Å². The van der Waals surface area contributed by atoms with E-state index >= 15 is 0 Å². The smallest absolute Gasteiger partial charge is 0.324 e. The summed E-state index contributed by atoms with van der Waals surface area (Å²) in [5.41, 5.74) is 2.63. The molecule has 0 saturated carbocycles. The number of anilines is 1. The van der Waals surface area contributed by atoms with Crippen molar-refractivity contribution in [3.05, 3.63) is 65.2 Å². The number of carbonyl (C=O) groups is 4. The number of likely N-dealkylation sites (tertiary alicyclic amines) is 1. The predicted octanol–water partition coefficient (Wildman–Crippen LogP) is 2.05. The molecule has 2 heterocycles. The Kier molecular flexibility index (Phi) is 5.15. The molecule has 1 unspecified atom stereocenters. The number of carbonyl (C=O) groups excluding carboxylic acids is 4. The Morgan fingerprint density at radius 3 is 2.58 bits per heavy atom. The second-order valence-electron chi connectivity index (χ2n) is 9.10. The van der Waals surface area contributed by atoms with Crippen LogP contribution in [-0.2, 0) is 27.2 Å². The van der Waals surface area contributed by atoms with Crippen LogP contribution in [0.1, 0.15) is 35.4 Å². The van der Waals surface area contributed by atoms with Crippen molar-refractivity contribution < 1.29 is 19.2 Å². The molecule has 170 valence electrons. The number of piperidine rings is 1. The minimum Gasteiger partial charge on any atom is -0.333 e. The molecule has 2 aliphatic heterocycles. The van der Waals surface area contributed by atoms with Crippen LogP contribution in [0.15, 0.2) is 48.5 Å². The molecule has 3 aliphatic rings. The third-order valence-electron chi connectivity index (χ3n) is 7.11. The lowest BCUT2D eigenvalue weighted by Crippen LogP contribution is -2.48. The van der Waals surface area contributed by atoms with Gasteiger partial charge in [0.05, 0.1) is 12.5 Å². The van der Waals surface area contributed by atoms with Crippen LogP contribution in [0.3, 0.4) is 0 Å². The third kappa shape index (κ3) is 3.65. The number of nitrogens with one attached hydrogen (secondary N) is 2. The number of amides is 5. The molecule has 0 bridgehead atoms. The van der Waals surface area contributed by atoms with Crippen LogP contribution in [0.4, 0.5) is 10.5 Å². The number of rotatable bonds is 4. The van der Waals surface area contributed by atoms with Crippen LogP contribution in [0, 0.1) is 0 Å². The normalized spacial score (nSPS) is 24.3. The van der Waals surface area contributed by atoms with Crippen molar-refractivity contribution in [3.63, 3.8) is 0 Å². The highest BCUT2D eigenvalue weighted by atomic mass is 16.2. The van der Waals surface area contributed by atoms with Gasteiger partial charge >= 0.3 is 6.03 Å². The number of nitrogens with zero attached hydrogens (tertiary/aromatic N) is 2. The summed E-state index contributed by atoms with van der Waals surface area (Å²) < 4.78 is 0. The quantitative estimate of drug-likeness (QED) is 0.703. The van der Waals surface area contributed by atoms with E-state index in [4.69, 9.17) is 0 Å². The van der Waals surface area contributed by atoms with Crippen LogP contribution in [0.25, 0.3) is 0 Å². The molecule has 5 rings (SSSR count). The highest BCUT2D eigenvalue weighted by molar-refractivity contribution is 6.07. The lowest BCUT2D eigenvalue weighted by atomic mass is 9.90. The van der Waals surface area contributed by atoms with E-state index in [0.717, 1.165) is 29.5 Å². The maximum Gasteiger partial charge on any atom is 0.324 e. The molecule has 33 heavy (non-hydrogen) atoms. The van der Waals surface area contributed by atoms with Crippen molar-refractivity contribution in [1.29, 1.82) is 0 Å². The molecule has 2 N–H and O–H groups in total. The van der Waals surface area contributed by atoms with Gasteiger partial charge < -0.3 is 15.1 Å². The maximum absolute atomic E-state index is 13.0. The van der Waals surface area contributed by atoms with Gasteiger partial charge in [-0.05, 0) is 41.7 Å². The van der Waals surface area contributed by atoms with Gasteiger partial charge in [-0.25, -0.2) is 4.79 Å². The Balaban J connectivity index is 1.25. The molecule has 2 atom stereocenters. The Labute approximate surface area is 191 Å². The zero-order chi connectivity index (χ0) is 23.2. The Bertz CT molecular complexity index is 1150. The van der Waals surface area contributed by atoms with E-state index in [9.17, 15) is 19.2 Å². The monoisotopic (exact) mass is 446 g/mol. The molecule has 8 nitrogen and oxygen atoms in total. The fourth-order valence-electron chi connectivity index (χ4n) is 5.24. The van der Waals surface area contributed by atoms with Gasteiger partial charge in [0, 0.05) is 32.1 Å².